The quantitative estimate of drug-likeness (QED) is 0.840. The van der Waals surface area contributed by atoms with E-state index in [9.17, 15) is 14.7 Å². The first kappa shape index (κ1) is 14.6. The highest BCUT2D eigenvalue weighted by Gasteiger charge is 2.21. The van der Waals surface area contributed by atoms with Gasteiger partial charge in [-0.05, 0) is 25.1 Å². The summed E-state index contributed by atoms with van der Waals surface area (Å²) in [4.78, 5) is 23.5. The summed E-state index contributed by atoms with van der Waals surface area (Å²) in [5.74, 6) is -1.54. The van der Waals surface area contributed by atoms with Crippen molar-refractivity contribution < 1.29 is 19.7 Å². The first-order valence-electron chi connectivity index (χ1n) is 6.29. The van der Waals surface area contributed by atoms with Gasteiger partial charge in [-0.15, -0.1) is 0 Å². The summed E-state index contributed by atoms with van der Waals surface area (Å²) in [6.45, 7) is 2.02. The van der Waals surface area contributed by atoms with Gasteiger partial charge in [-0.25, -0.2) is 4.79 Å². The molecule has 0 saturated carbocycles. The number of hydrogen-bond donors (Lipinski definition) is 2. The Bertz CT molecular complexity index is 789. The molecule has 0 amide bonds. The molecule has 1 aromatic carbocycles. The lowest BCUT2D eigenvalue weighted by molar-refractivity contribution is 0.0691. The molecule has 1 aromatic heterocycles. The van der Waals surface area contributed by atoms with Crippen LogP contribution in [-0.2, 0) is 6.54 Å². The average molecular weight is 289 g/mol. The molecule has 2 aromatic rings. The monoisotopic (exact) mass is 289 g/mol. The summed E-state index contributed by atoms with van der Waals surface area (Å²) in [7, 11) is 1.46. The van der Waals surface area contributed by atoms with E-state index in [1.807, 2.05) is 0 Å². The molecule has 0 atom stereocenters. The number of aromatic carboxylic acids is 1. The van der Waals surface area contributed by atoms with Crippen LogP contribution in [0.5, 0.6) is 11.5 Å². The minimum absolute atomic E-state index is 0.221. The van der Waals surface area contributed by atoms with E-state index in [2.05, 4.69) is 0 Å². The van der Waals surface area contributed by atoms with Crippen molar-refractivity contribution in [1.82, 2.24) is 4.57 Å². The molecule has 2 N–H and O–H groups in total. The molecule has 0 fully saturated rings. The van der Waals surface area contributed by atoms with E-state index in [1.54, 1.807) is 31.2 Å². The number of carbonyl (C=O) groups is 1. The van der Waals surface area contributed by atoms with Gasteiger partial charge >= 0.3 is 5.97 Å². The first-order chi connectivity index (χ1) is 10.0. The second kappa shape index (κ2) is 5.70. The number of benzene rings is 1. The summed E-state index contributed by atoms with van der Waals surface area (Å²) in [6, 6.07) is 4.76. The molecule has 0 unspecified atom stereocenters. The van der Waals surface area contributed by atoms with Crippen molar-refractivity contribution >= 4 is 16.9 Å². The lowest BCUT2D eigenvalue weighted by atomic mass is 10.1. The fourth-order valence-corrected chi connectivity index (χ4v) is 2.13. The van der Waals surface area contributed by atoms with Crippen molar-refractivity contribution in [3.8, 4) is 11.5 Å². The predicted octanol–water partition coefficient (Wildman–Crippen LogP) is 1.99. The third kappa shape index (κ3) is 2.47. The highest BCUT2D eigenvalue weighted by atomic mass is 16.5. The number of allylic oxidation sites excluding steroid dienone is 2. The zero-order valence-electron chi connectivity index (χ0n) is 11.7. The van der Waals surface area contributed by atoms with Gasteiger partial charge in [0.15, 0.2) is 5.56 Å². The van der Waals surface area contributed by atoms with Gasteiger partial charge in [0.05, 0.1) is 12.6 Å². The number of nitrogens with zero attached hydrogens (tertiary/aromatic N) is 1. The Morgan fingerprint density at radius 2 is 2.14 bits per heavy atom. The number of rotatable bonds is 4. The van der Waals surface area contributed by atoms with Gasteiger partial charge in [-0.1, -0.05) is 12.2 Å². The Morgan fingerprint density at radius 1 is 1.43 bits per heavy atom. The predicted molar refractivity (Wildman–Crippen MR) is 78.2 cm³/mol. The zero-order chi connectivity index (χ0) is 15.6. The van der Waals surface area contributed by atoms with Gasteiger partial charge in [-0.2, -0.15) is 0 Å². The standard InChI is InChI=1S/C15H15NO5/c1-3-4-7-16-11-6-5-9(21-2)8-10(11)13(17)12(14(16)18)15(19)20/h3-6,8,17H,7H2,1-2H3,(H,19,20)/b4-3+. The van der Waals surface area contributed by atoms with Crippen molar-refractivity contribution in [2.45, 2.75) is 13.5 Å². The van der Waals surface area contributed by atoms with Crippen LogP contribution in [0.1, 0.15) is 17.3 Å². The van der Waals surface area contributed by atoms with Crippen molar-refractivity contribution in [3.05, 3.63) is 46.3 Å². The molecule has 0 spiro atoms. The Hall–Kier alpha value is -2.76. The van der Waals surface area contributed by atoms with E-state index in [1.165, 1.54) is 17.7 Å². The minimum Gasteiger partial charge on any atom is -0.506 e. The lowest BCUT2D eigenvalue weighted by Crippen LogP contribution is -2.26. The third-order valence-electron chi connectivity index (χ3n) is 3.18. The van der Waals surface area contributed by atoms with Gasteiger partial charge in [0.25, 0.3) is 5.56 Å². The lowest BCUT2D eigenvalue weighted by Gasteiger charge is -2.13. The molecule has 6 heteroatoms. The molecular formula is C15H15NO5. The van der Waals surface area contributed by atoms with Crippen molar-refractivity contribution in [2.24, 2.45) is 0 Å². The Balaban J connectivity index is 2.92. The molecule has 0 aliphatic carbocycles. The molecule has 1 heterocycles. The van der Waals surface area contributed by atoms with Gasteiger partial charge in [0, 0.05) is 11.9 Å². The maximum absolute atomic E-state index is 12.3. The summed E-state index contributed by atoms with van der Waals surface area (Å²) in [6.07, 6.45) is 3.49. The fraction of sp³-hybridized carbons (Fsp3) is 0.200. The van der Waals surface area contributed by atoms with E-state index in [-0.39, 0.29) is 11.9 Å². The second-order valence-corrected chi connectivity index (χ2v) is 4.40. The van der Waals surface area contributed by atoms with Crippen molar-refractivity contribution in [2.75, 3.05) is 7.11 Å². The Kier molecular flexibility index (Phi) is 3.98. The maximum atomic E-state index is 12.3. The van der Waals surface area contributed by atoms with Gasteiger partial charge in [0.1, 0.15) is 11.5 Å². The molecule has 21 heavy (non-hydrogen) atoms. The van der Waals surface area contributed by atoms with Crippen molar-refractivity contribution in [3.63, 3.8) is 0 Å². The summed E-state index contributed by atoms with van der Waals surface area (Å²) < 4.78 is 6.37. The molecule has 0 saturated heterocycles. The van der Waals surface area contributed by atoms with E-state index in [0.29, 0.717) is 11.3 Å². The van der Waals surface area contributed by atoms with Gasteiger partial charge in [0.2, 0.25) is 0 Å². The Labute approximate surface area is 120 Å². The van der Waals surface area contributed by atoms with Crippen LogP contribution in [0.2, 0.25) is 0 Å². The van der Waals surface area contributed by atoms with Crippen LogP contribution in [0.15, 0.2) is 35.1 Å². The van der Waals surface area contributed by atoms with E-state index in [0.717, 1.165) is 0 Å². The van der Waals surface area contributed by atoms with Crippen LogP contribution in [0.3, 0.4) is 0 Å². The number of carboxylic acid groups (broad SMARTS) is 1. The molecule has 110 valence electrons. The number of methoxy groups -OCH3 is 1. The molecular weight excluding hydrogens is 274 g/mol. The second-order valence-electron chi connectivity index (χ2n) is 4.40. The number of ether oxygens (including phenoxy) is 1. The van der Waals surface area contributed by atoms with E-state index < -0.39 is 22.8 Å². The normalized spacial score (nSPS) is 11.1. The third-order valence-corrected chi connectivity index (χ3v) is 3.18. The van der Waals surface area contributed by atoms with Crippen LogP contribution < -0.4 is 10.3 Å². The van der Waals surface area contributed by atoms with Crippen LogP contribution >= 0.6 is 0 Å². The van der Waals surface area contributed by atoms with Gasteiger partial charge < -0.3 is 19.5 Å². The number of carboxylic acids is 1. The van der Waals surface area contributed by atoms with Crippen LogP contribution in [0.25, 0.3) is 10.9 Å². The van der Waals surface area contributed by atoms with Crippen LogP contribution in [0.4, 0.5) is 0 Å². The SMILES string of the molecule is C/C=C/Cn1c(=O)c(C(=O)O)c(O)c2cc(OC)ccc21. The molecule has 0 radical (unpaired) electrons. The van der Waals surface area contributed by atoms with Crippen LogP contribution in [0, 0.1) is 0 Å². The number of aromatic hydroxyl groups is 1. The topological polar surface area (TPSA) is 88.8 Å². The molecule has 0 aliphatic heterocycles. The largest absolute Gasteiger partial charge is 0.506 e. The van der Waals surface area contributed by atoms with E-state index >= 15 is 0 Å². The minimum atomic E-state index is -1.46. The highest BCUT2D eigenvalue weighted by molar-refractivity contribution is 5.99. The fourth-order valence-electron chi connectivity index (χ4n) is 2.13. The summed E-state index contributed by atoms with van der Waals surface area (Å²) in [5.41, 5.74) is -0.933. The zero-order valence-corrected chi connectivity index (χ0v) is 11.7. The molecule has 0 bridgehead atoms. The van der Waals surface area contributed by atoms with Gasteiger partial charge in [-0.3, -0.25) is 4.79 Å². The molecule has 0 aliphatic rings. The van der Waals surface area contributed by atoms with Crippen molar-refractivity contribution in [1.29, 1.82) is 0 Å². The maximum Gasteiger partial charge on any atom is 0.345 e. The summed E-state index contributed by atoms with van der Waals surface area (Å²) >= 11 is 0. The van der Waals surface area contributed by atoms with Crippen LogP contribution in [-0.4, -0.2) is 27.9 Å². The highest BCUT2D eigenvalue weighted by Crippen LogP contribution is 2.29. The number of pyridine rings is 1. The number of fused-ring (bicyclic) bond motifs is 1. The molecule has 2 rings (SSSR count). The Morgan fingerprint density at radius 3 is 2.71 bits per heavy atom. The smallest absolute Gasteiger partial charge is 0.345 e. The first-order valence-corrected chi connectivity index (χ1v) is 6.29. The average Bonchev–Trinajstić information content (AvgIpc) is 2.46. The molecule has 6 nitrogen and oxygen atoms in total. The van der Waals surface area contributed by atoms with E-state index in [4.69, 9.17) is 9.84 Å². The number of hydrogen-bond acceptors (Lipinski definition) is 4. The summed E-state index contributed by atoms with van der Waals surface area (Å²) in [5, 5.41) is 19.5. The number of aromatic nitrogens is 1.